The van der Waals surface area contributed by atoms with Crippen molar-refractivity contribution in [3.63, 3.8) is 0 Å². The van der Waals surface area contributed by atoms with Crippen molar-refractivity contribution in [1.82, 2.24) is 0 Å². The zero-order valence-electron chi connectivity index (χ0n) is 14.5. The summed E-state index contributed by atoms with van der Waals surface area (Å²) in [7, 11) is -36.0. The first-order chi connectivity index (χ1) is 12.0. The number of hydrogen-bond acceptors (Lipinski definition) is 0. The maximum absolute atomic E-state index is 9.75. The average molecular weight is 545 g/mol. The summed E-state index contributed by atoms with van der Waals surface area (Å²) in [6.45, 7) is 0. The second-order valence-electron chi connectivity index (χ2n) is 2.97. The van der Waals surface area contributed by atoms with Crippen molar-refractivity contribution in [2.45, 2.75) is 0 Å². The summed E-state index contributed by atoms with van der Waals surface area (Å²) < 4.78 is 234. The first-order valence-corrected chi connectivity index (χ1v) is 5.24. The van der Waals surface area contributed by atoms with E-state index < -0.39 is 43.5 Å². The van der Waals surface area contributed by atoms with Gasteiger partial charge in [0.25, 0.3) is 0 Å². The second-order valence-corrected chi connectivity index (χ2v) is 2.97. The molecule has 0 aromatic rings. The Labute approximate surface area is 178 Å². The molecular weight excluding hydrogens is 544 g/mol. The summed E-state index contributed by atoms with van der Waals surface area (Å²) in [6, 6.07) is 0. The Morgan fingerprint density at radius 1 is 0.194 bits per heavy atom. The molecule has 0 radical (unpaired) electrons. The Morgan fingerprint density at radius 3 is 0.194 bits per heavy atom. The molecule has 0 saturated carbocycles. The van der Waals surface area contributed by atoms with Crippen LogP contribution >= 0.6 is 0 Å². The van der Waals surface area contributed by atoms with Gasteiger partial charge in [-0.3, -0.25) is 0 Å². The van der Waals surface area contributed by atoms with Gasteiger partial charge in [-0.25, -0.2) is 0 Å². The van der Waals surface area contributed by atoms with Crippen molar-refractivity contribution in [1.29, 1.82) is 0 Å². The van der Waals surface area contributed by atoms with Crippen molar-refractivity contribution in [2.24, 2.45) is 0 Å². The van der Waals surface area contributed by atoms with Gasteiger partial charge in [-0.1, -0.05) is 0 Å². The van der Waals surface area contributed by atoms with E-state index in [1.54, 1.807) is 0 Å². The molecule has 0 nitrogen and oxygen atoms in total. The van der Waals surface area contributed by atoms with E-state index in [0.29, 0.717) is 0 Å². The zero-order chi connectivity index (χ0) is 27.0. The van der Waals surface area contributed by atoms with Crippen LogP contribution < -0.4 is 29.6 Å². The molecule has 0 aromatic heterocycles. The van der Waals surface area contributed by atoms with Crippen molar-refractivity contribution >= 4 is 43.5 Å². The Balaban J connectivity index is -0.0000000356. The third-order valence-corrected chi connectivity index (χ3v) is 0. The number of hydrogen-bond donors (Lipinski definition) is 0. The molecule has 0 spiro atoms. The van der Waals surface area contributed by atoms with Crippen LogP contribution in [0.2, 0.25) is 0 Å². The molecule has 0 aliphatic carbocycles. The molecule has 0 aliphatic heterocycles. The average Bonchev–Trinajstić information content (AvgIpc) is 1.94. The first-order valence-electron chi connectivity index (χ1n) is 5.24. The molecule has 0 aliphatic rings. The van der Waals surface area contributed by atoms with Crippen LogP contribution in [0.25, 0.3) is 0 Å². The summed E-state index contributed by atoms with van der Waals surface area (Å²) in [5, 5.41) is 0. The van der Waals surface area contributed by atoms with Gasteiger partial charge in [-0.05, 0) is 0 Å². The Hall–Kier alpha value is -0.290. The molecule has 31 heavy (non-hydrogen) atoms. The Morgan fingerprint density at radius 2 is 0.194 bits per heavy atom. The maximum Gasteiger partial charge on any atom is 1.00 e. The fraction of sp³-hybridized carbons (Fsp3) is 0. The number of halogens is 24. The van der Waals surface area contributed by atoms with E-state index in [0.717, 1.165) is 0 Å². The van der Waals surface area contributed by atoms with Crippen LogP contribution in [-0.4, -0.2) is 43.5 Å². The van der Waals surface area contributed by atoms with Gasteiger partial charge in [-0.2, -0.15) is 0 Å². The molecule has 0 rings (SSSR count). The van der Waals surface area contributed by atoms with E-state index in [2.05, 4.69) is 0 Å². The van der Waals surface area contributed by atoms with E-state index in [1.165, 1.54) is 0 Å². The van der Waals surface area contributed by atoms with Gasteiger partial charge in [0, 0.05) is 0 Å². The van der Waals surface area contributed by atoms with Crippen molar-refractivity contribution in [3.05, 3.63) is 0 Å². The Kier molecular flexibility index (Phi) is 29.9. The van der Waals surface area contributed by atoms with Crippen LogP contribution in [0.1, 0.15) is 1.43 Å². The van der Waals surface area contributed by atoms with Gasteiger partial charge >= 0.3 is 73.1 Å². The quantitative estimate of drug-likeness (QED) is 0.300. The van der Waals surface area contributed by atoms with E-state index >= 15 is 0 Å². The monoisotopic (exact) mass is 546 g/mol. The minimum atomic E-state index is -6.00. The topological polar surface area (TPSA) is 0 Å². The molecule has 0 fully saturated rings. The minimum absolute atomic E-state index is 0. The van der Waals surface area contributed by atoms with Crippen LogP contribution in [0.15, 0.2) is 0 Å². The van der Waals surface area contributed by atoms with Crippen molar-refractivity contribution in [3.8, 4) is 0 Å². The molecule has 0 N–H and O–H groups in total. The predicted octanol–water partition coefficient (Wildman–Crippen LogP) is 4.92. The van der Waals surface area contributed by atoms with Crippen molar-refractivity contribution in [2.75, 3.05) is 0 Å². The molecule has 0 aromatic carbocycles. The molecule has 31 heteroatoms. The van der Waals surface area contributed by atoms with Crippen LogP contribution in [0, 0.1) is 0 Å². The molecule has 0 atom stereocenters. The minimum Gasteiger partial charge on any atom is -1.00 e. The van der Waals surface area contributed by atoms with Crippen LogP contribution in [0.4, 0.5) is 104 Å². The normalized spacial score (nSPS) is 11.6. The molecule has 194 valence electrons. The van der Waals surface area contributed by atoms with E-state index in [9.17, 15) is 104 Å². The summed E-state index contributed by atoms with van der Waals surface area (Å²) in [4.78, 5) is 0. The number of rotatable bonds is 0. The molecule has 0 heterocycles. The fourth-order valence-electron chi connectivity index (χ4n) is 0. The molecule has 0 unspecified atom stereocenters. The van der Waals surface area contributed by atoms with E-state index in [-0.39, 0.29) is 31.0 Å². The molecule has 0 saturated heterocycles. The van der Waals surface area contributed by atoms with E-state index in [4.69, 9.17) is 0 Å². The van der Waals surface area contributed by atoms with Crippen LogP contribution in [0.3, 0.4) is 0 Å². The maximum atomic E-state index is 9.75. The van der Waals surface area contributed by atoms with Gasteiger partial charge in [0.2, 0.25) is 0 Å². The predicted molar refractivity (Wildman–Crippen MR) is 62.2 cm³/mol. The fourth-order valence-corrected chi connectivity index (χ4v) is 0. The standard InChI is InChI=1S/6BF4.Na.H/c6*2-1(3,4)5;;/q6*-1;+1;-1. The van der Waals surface area contributed by atoms with Gasteiger partial charge in [0.05, 0.1) is 0 Å². The molecule has 0 bridgehead atoms. The third kappa shape index (κ3) is 271000. The summed E-state index contributed by atoms with van der Waals surface area (Å²) in [5.74, 6) is 0. The molecule has 0 amide bonds. The zero-order valence-corrected chi connectivity index (χ0v) is 15.5. The third-order valence-electron chi connectivity index (χ3n) is 0. The van der Waals surface area contributed by atoms with Crippen LogP contribution in [0.5, 0.6) is 0 Å². The van der Waals surface area contributed by atoms with Gasteiger partial charge in [-0.15, -0.1) is 0 Å². The SMILES string of the molecule is F[B-](F)(F)F.F[B-](F)(F)F.F[B-](F)(F)F.F[B-](F)(F)F.F[B-](F)(F)F.F[B-](F)(F)F.[H-].[Na+]. The summed E-state index contributed by atoms with van der Waals surface area (Å²) in [6.07, 6.45) is 0. The first kappa shape index (κ1) is 48.2. The van der Waals surface area contributed by atoms with E-state index in [1.807, 2.05) is 0 Å². The Bertz CT molecular complexity index is 221. The second kappa shape index (κ2) is 19.2. The smallest absolute Gasteiger partial charge is 1.00 e. The molecular formula is HB6F24Na-6. The van der Waals surface area contributed by atoms with Crippen LogP contribution in [-0.2, 0) is 0 Å². The summed E-state index contributed by atoms with van der Waals surface area (Å²) >= 11 is 0. The van der Waals surface area contributed by atoms with Gasteiger partial charge in [0.1, 0.15) is 0 Å². The van der Waals surface area contributed by atoms with Crippen molar-refractivity contribution < 1.29 is 135 Å². The summed E-state index contributed by atoms with van der Waals surface area (Å²) in [5.41, 5.74) is 0. The largest absolute Gasteiger partial charge is 1.00 e. The van der Waals surface area contributed by atoms with Gasteiger partial charge < -0.3 is 105 Å². The van der Waals surface area contributed by atoms with Gasteiger partial charge in [0.15, 0.2) is 0 Å².